The molecule has 6 nitrogen and oxygen atoms in total. The summed E-state index contributed by atoms with van der Waals surface area (Å²) in [6, 6.07) is 1.76. The average molecular weight is 318 g/mol. The van der Waals surface area contributed by atoms with Gasteiger partial charge < -0.3 is 4.74 Å². The zero-order valence-electron chi connectivity index (χ0n) is 12.5. The van der Waals surface area contributed by atoms with E-state index in [-0.39, 0.29) is 6.10 Å². The van der Waals surface area contributed by atoms with E-state index in [1.54, 1.807) is 18.5 Å². The van der Waals surface area contributed by atoms with Crippen LogP contribution in [0.3, 0.4) is 0 Å². The van der Waals surface area contributed by atoms with Crippen molar-refractivity contribution in [1.82, 2.24) is 9.97 Å². The van der Waals surface area contributed by atoms with Gasteiger partial charge in [0.2, 0.25) is 5.88 Å². The molecule has 22 heavy (non-hydrogen) atoms. The maximum absolute atomic E-state index is 8.78. The number of ether oxygens (including phenoxy) is 1. The van der Waals surface area contributed by atoms with Gasteiger partial charge in [-0.05, 0) is 41.8 Å². The fraction of sp³-hybridized carbons (Fsp3) is 0.467. The second-order valence-corrected chi connectivity index (χ2v) is 6.34. The van der Waals surface area contributed by atoms with Crippen molar-refractivity contribution < 1.29 is 4.74 Å². The minimum absolute atomic E-state index is 0.224. The third-order valence-corrected chi connectivity index (χ3v) is 4.19. The topological polar surface area (TPSA) is 83.8 Å². The van der Waals surface area contributed by atoms with Gasteiger partial charge in [0.25, 0.3) is 0 Å². The van der Waals surface area contributed by atoms with Gasteiger partial charge in [-0.15, -0.1) is 0 Å². The highest BCUT2D eigenvalue weighted by Gasteiger charge is 2.26. The van der Waals surface area contributed by atoms with E-state index in [4.69, 9.17) is 21.9 Å². The normalized spacial score (nSPS) is 15.2. The Morgan fingerprint density at radius 3 is 2.73 bits per heavy atom. The smallest absolute Gasteiger partial charge is 0.223 e. The Kier molecular flexibility index (Phi) is 3.81. The summed E-state index contributed by atoms with van der Waals surface area (Å²) in [5.41, 5.74) is 8.84. The lowest BCUT2D eigenvalue weighted by atomic mass is 9.92. The van der Waals surface area contributed by atoms with E-state index in [2.05, 4.69) is 20.0 Å². The van der Waals surface area contributed by atoms with Crippen LogP contribution >= 0.6 is 11.6 Å². The van der Waals surface area contributed by atoms with Crippen molar-refractivity contribution >= 4 is 22.4 Å². The monoisotopic (exact) mass is 317 g/mol. The van der Waals surface area contributed by atoms with Gasteiger partial charge in [-0.1, -0.05) is 30.6 Å². The minimum Gasteiger partial charge on any atom is -0.474 e. The second-order valence-electron chi connectivity index (χ2n) is 5.95. The van der Waals surface area contributed by atoms with Crippen molar-refractivity contribution in [3.05, 3.63) is 39.6 Å². The Hall–Kier alpha value is -2.04. The van der Waals surface area contributed by atoms with Crippen molar-refractivity contribution in [2.45, 2.75) is 44.8 Å². The molecule has 114 valence electrons. The molecule has 2 heterocycles. The van der Waals surface area contributed by atoms with Crippen LogP contribution in [0.1, 0.15) is 38.7 Å². The Labute approximate surface area is 133 Å². The number of azide groups is 1. The van der Waals surface area contributed by atoms with Crippen LogP contribution in [-0.2, 0) is 5.54 Å². The molecule has 2 aromatic heterocycles. The van der Waals surface area contributed by atoms with E-state index >= 15 is 0 Å². The lowest BCUT2D eigenvalue weighted by Gasteiger charge is -2.27. The summed E-state index contributed by atoms with van der Waals surface area (Å²) in [5.74, 6) is 0.560. The molecule has 0 amide bonds. The van der Waals surface area contributed by atoms with Crippen molar-refractivity contribution in [2.75, 3.05) is 0 Å². The molecule has 1 fully saturated rings. The average Bonchev–Trinajstić information content (AvgIpc) is 2.42. The highest BCUT2D eigenvalue weighted by atomic mass is 35.5. The standard InChI is InChI=1S/C15H16ClN5O/c1-15(2,20-21-17)12-8-19-14(22-9-4-3-5-9)11-7-18-13(16)6-10(11)12/h6-9H,3-5H2,1-2H3. The fourth-order valence-electron chi connectivity index (χ4n) is 2.48. The van der Waals surface area contributed by atoms with Gasteiger partial charge in [0.1, 0.15) is 11.3 Å². The largest absolute Gasteiger partial charge is 0.474 e. The first kappa shape index (κ1) is 14.9. The zero-order valence-corrected chi connectivity index (χ0v) is 13.2. The summed E-state index contributed by atoms with van der Waals surface area (Å²) in [7, 11) is 0. The molecule has 0 aromatic carbocycles. The summed E-state index contributed by atoms with van der Waals surface area (Å²) in [5, 5.41) is 5.88. The molecule has 0 aliphatic heterocycles. The Morgan fingerprint density at radius 2 is 2.09 bits per heavy atom. The number of hydrogen-bond acceptors (Lipinski definition) is 4. The Balaban J connectivity index is 2.16. The van der Waals surface area contributed by atoms with Gasteiger partial charge in [-0.2, -0.15) is 0 Å². The minimum atomic E-state index is -0.736. The molecule has 3 rings (SSSR count). The molecule has 2 aromatic rings. The first-order chi connectivity index (χ1) is 10.5. The number of pyridine rings is 2. The summed E-state index contributed by atoms with van der Waals surface area (Å²) in [6.45, 7) is 3.67. The van der Waals surface area contributed by atoms with Gasteiger partial charge in [0, 0.05) is 17.3 Å². The van der Waals surface area contributed by atoms with E-state index in [0.29, 0.717) is 11.0 Å². The molecule has 1 saturated carbocycles. The van der Waals surface area contributed by atoms with Crippen LogP contribution in [0.25, 0.3) is 21.2 Å². The van der Waals surface area contributed by atoms with Gasteiger partial charge in [-0.3, -0.25) is 0 Å². The quantitative estimate of drug-likeness (QED) is 0.352. The molecule has 0 spiro atoms. The van der Waals surface area contributed by atoms with Crippen molar-refractivity contribution in [3.8, 4) is 5.88 Å². The van der Waals surface area contributed by atoms with E-state index in [9.17, 15) is 0 Å². The van der Waals surface area contributed by atoms with Gasteiger partial charge in [0.05, 0.1) is 10.9 Å². The van der Waals surface area contributed by atoms with Crippen molar-refractivity contribution in [2.24, 2.45) is 5.11 Å². The molecule has 1 aliphatic rings. The van der Waals surface area contributed by atoms with Crippen LogP contribution in [0, 0.1) is 0 Å². The molecule has 0 bridgehead atoms. The summed E-state index contributed by atoms with van der Waals surface area (Å²) in [6.07, 6.45) is 6.87. The van der Waals surface area contributed by atoms with E-state index in [1.165, 1.54) is 6.42 Å². The van der Waals surface area contributed by atoms with Crippen LogP contribution in [0.5, 0.6) is 5.88 Å². The van der Waals surface area contributed by atoms with Gasteiger partial charge in [0.15, 0.2) is 0 Å². The third-order valence-electron chi connectivity index (χ3n) is 3.99. The van der Waals surface area contributed by atoms with E-state index in [1.807, 2.05) is 13.8 Å². The molecule has 0 N–H and O–H groups in total. The molecular weight excluding hydrogens is 302 g/mol. The number of halogens is 1. The second kappa shape index (κ2) is 5.63. The Bertz CT molecular complexity index is 766. The number of aromatic nitrogens is 2. The highest BCUT2D eigenvalue weighted by molar-refractivity contribution is 6.30. The fourth-order valence-corrected chi connectivity index (χ4v) is 2.64. The van der Waals surface area contributed by atoms with Crippen LogP contribution in [0.4, 0.5) is 0 Å². The van der Waals surface area contributed by atoms with Crippen molar-refractivity contribution in [1.29, 1.82) is 0 Å². The van der Waals surface area contributed by atoms with Crippen LogP contribution < -0.4 is 4.74 Å². The summed E-state index contributed by atoms with van der Waals surface area (Å²) in [4.78, 5) is 11.5. The molecule has 0 radical (unpaired) electrons. The van der Waals surface area contributed by atoms with E-state index in [0.717, 1.165) is 29.2 Å². The highest BCUT2D eigenvalue weighted by Crippen LogP contribution is 2.36. The van der Waals surface area contributed by atoms with Crippen LogP contribution in [0.2, 0.25) is 5.15 Å². The summed E-state index contributed by atoms with van der Waals surface area (Å²) < 4.78 is 5.93. The maximum Gasteiger partial charge on any atom is 0.223 e. The van der Waals surface area contributed by atoms with Gasteiger partial charge >= 0.3 is 0 Å². The van der Waals surface area contributed by atoms with E-state index < -0.39 is 5.54 Å². The van der Waals surface area contributed by atoms with Crippen LogP contribution in [0.15, 0.2) is 23.6 Å². The molecule has 0 unspecified atom stereocenters. The zero-order chi connectivity index (χ0) is 15.7. The van der Waals surface area contributed by atoms with Gasteiger partial charge in [-0.25, -0.2) is 9.97 Å². The molecular formula is C15H16ClN5O. The lowest BCUT2D eigenvalue weighted by molar-refractivity contribution is 0.116. The number of rotatable bonds is 4. The number of hydrogen-bond donors (Lipinski definition) is 0. The molecule has 0 atom stereocenters. The molecule has 1 aliphatic carbocycles. The number of fused-ring (bicyclic) bond motifs is 1. The SMILES string of the molecule is CC(C)(N=[N+]=[N-])c1cnc(OC2CCC2)c2cnc(Cl)cc12. The Morgan fingerprint density at radius 1 is 1.32 bits per heavy atom. The molecule has 0 saturated heterocycles. The third kappa shape index (κ3) is 2.67. The predicted molar refractivity (Wildman–Crippen MR) is 85.0 cm³/mol. The number of nitrogens with zero attached hydrogens (tertiary/aromatic N) is 5. The van der Waals surface area contributed by atoms with Crippen molar-refractivity contribution in [3.63, 3.8) is 0 Å². The predicted octanol–water partition coefficient (Wildman–Crippen LogP) is 4.76. The summed E-state index contributed by atoms with van der Waals surface area (Å²) >= 11 is 6.04. The van der Waals surface area contributed by atoms with Crippen LogP contribution in [-0.4, -0.2) is 16.1 Å². The first-order valence-electron chi connectivity index (χ1n) is 7.19. The first-order valence-corrected chi connectivity index (χ1v) is 7.57. The molecule has 7 heteroatoms. The maximum atomic E-state index is 8.78. The lowest BCUT2D eigenvalue weighted by Crippen LogP contribution is -2.25.